The summed E-state index contributed by atoms with van der Waals surface area (Å²) < 4.78 is 42.6. The van der Waals surface area contributed by atoms with E-state index in [1.807, 2.05) is 42.1 Å². The van der Waals surface area contributed by atoms with Crippen molar-refractivity contribution in [2.24, 2.45) is 0 Å². The molecular formula is C14H17F3N2O. The summed E-state index contributed by atoms with van der Waals surface area (Å²) in [5.41, 5.74) is 2.13. The maximum Gasteiger partial charge on any atom is 0.411 e. The van der Waals surface area contributed by atoms with Crippen LogP contribution in [0.4, 0.5) is 13.2 Å². The zero-order chi connectivity index (χ0) is 14.6. The highest BCUT2D eigenvalue weighted by molar-refractivity contribution is 5.83. The number of rotatable bonds is 6. The maximum absolute atomic E-state index is 12.0. The van der Waals surface area contributed by atoms with E-state index in [0.717, 1.165) is 23.0 Å². The van der Waals surface area contributed by atoms with Gasteiger partial charge in [0.1, 0.15) is 6.61 Å². The van der Waals surface area contributed by atoms with Gasteiger partial charge in [-0.15, -0.1) is 0 Å². The van der Waals surface area contributed by atoms with Gasteiger partial charge in [0, 0.05) is 30.2 Å². The minimum Gasteiger partial charge on any atom is -0.370 e. The second-order valence-electron chi connectivity index (χ2n) is 4.56. The molecule has 2 rings (SSSR count). The molecule has 0 spiro atoms. The van der Waals surface area contributed by atoms with Crippen molar-refractivity contribution in [2.45, 2.75) is 19.3 Å². The molecule has 0 amide bonds. The van der Waals surface area contributed by atoms with Gasteiger partial charge in [-0.2, -0.15) is 13.2 Å². The molecule has 0 aliphatic heterocycles. The average Bonchev–Trinajstić information content (AvgIpc) is 2.73. The molecule has 1 aromatic carbocycles. The van der Waals surface area contributed by atoms with Crippen molar-refractivity contribution in [3.05, 3.63) is 36.0 Å². The molecule has 0 fully saturated rings. The van der Waals surface area contributed by atoms with Gasteiger partial charge in [-0.05, 0) is 18.7 Å². The van der Waals surface area contributed by atoms with Crippen LogP contribution in [-0.2, 0) is 17.8 Å². The SMILES string of the molecule is CNCc1cn(CCOCC(F)(F)F)c2ccccc12. The third-order valence-corrected chi connectivity index (χ3v) is 2.98. The highest BCUT2D eigenvalue weighted by atomic mass is 19.4. The molecule has 0 aliphatic rings. The number of hydrogen-bond donors (Lipinski definition) is 1. The Morgan fingerprint density at radius 1 is 1.25 bits per heavy atom. The quantitative estimate of drug-likeness (QED) is 0.826. The number of halogens is 3. The van der Waals surface area contributed by atoms with Crippen LogP contribution in [0.5, 0.6) is 0 Å². The van der Waals surface area contributed by atoms with Gasteiger partial charge in [-0.3, -0.25) is 0 Å². The zero-order valence-electron chi connectivity index (χ0n) is 11.2. The molecule has 0 saturated heterocycles. The summed E-state index contributed by atoms with van der Waals surface area (Å²) in [5.74, 6) is 0. The van der Waals surface area contributed by atoms with Gasteiger partial charge < -0.3 is 14.6 Å². The molecule has 6 heteroatoms. The number of para-hydroxylation sites is 1. The van der Waals surface area contributed by atoms with E-state index in [1.54, 1.807) is 0 Å². The number of nitrogens with zero attached hydrogens (tertiary/aromatic N) is 1. The van der Waals surface area contributed by atoms with Crippen molar-refractivity contribution in [3.63, 3.8) is 0 Å². The maximum atomic E-state index is 12.0. The molecule has 0 unspecified atom stereocenters. The molecular weight excluding hydrogens is 269 g/mol. The van der Waals surface area contributed by atoms with Crippen molar-refractivity contribution in [3.8, 4) is 0 Å². The van der Waals surface area contributed by atoms with E-state index in [4.69, 9.17) is 0 Å². The number of benzene rings is 1. The van der Waals surface area contributed by atoms with Crippen molar-refractivity contribution < 1.29 is 17.9 Å². The molecule has 0 bridgehead atoms. The van der Waals surface area contributed by atoms with Crippen LogP contribution < -0.4 is 5.32 Å². The molecule has 2 aromatic rings. The van der Waals surface area contributed by atoms with Gasteiger partial charge in [0.05, 0.1) is 6.61 Å². The Bertz CT molecular complexity index is 563. The van der Waals surface area contributed by atoms with Gasteiger partial charge >= 0.3 is 6.18 Å². The van der Waals surface area contributed by atoms with E-state index in [2.05, 4.69) is 10.1 Å². The molecule has 0 atom stereocenters. The van der Waals surface area contributed by atoms with Crippen molar-refractivity contribution in [1.82, 2.24) is 9.88 Å². The third-order valence-electron chi connectivity index (χ3n) is 2.98. The van der Waals surface area contributed by atoms with E-state index in [9.17, 15) is 13.2 Å². The monoisotopic (exact) mass is 286 g/mol. The topological polar surface area (TPSA) is 26.2 Å². The van der Waals surface area contributed by atoms with Gasteiger partial charge in [0.25, 0.3) is 0 Å². The Hall–Kier alpha value is -1.53. The second-order valence-corrected chi connectivity index (χ2v) is 4.56. The van der Waals surface area contributed by atoms with Gasteiger partial charge in [-0.25, -0.2) is 0 Å². The van der Waals surface area contributed by atoms with Crippen LogP contribution in [0.3, 0.4) is 0 Å². The molecule has 20 heavy (non-hydrogen) atoms. The molecule has 0 radical (unpaired) electrons. The molecule has 1 aromatic heterocycles. The van der Waals surface area contributed by atoms with Gasteiger partial charge in [0.15, 0.2) is 0 Å². The largest absolute Gasteiger partial charge is 0.411 e. The van der Waals surface area contributed by atoms with Crippen LogP contribution in [-0.4, -0.2) is 31.0 Å². The van der Waals surface area contributed by atoms with Crippen LogP contribution in [0.1, 0.15) is 5.56 Å². The average molecular weight is 286 g/mol. The minimum atomic E-state index is -4.27. The number of nitrogens with one attached hydrogen (secondary N) is 1. The van der Waals surface area contributed by atoms with E-state index in [1.165, 1.54) is 0 Å². The Labute approximate surface area is 115 Å². The number of hydrogen-bond acceptors (Lipinski definition) is 2. The zero-order valence-corrected chi connectivity index (χ0v) is 11.2. The first-order valence-electron chi connectivity index (χ1n) is 6.37. The lowest BCUT2D eigenvalue weighted by molar-refractivity contribution is -0.174. The summed E-state index contributed by atoms with van der Waals surface area (Å²) in [6.07, 6.45) is -2.31. The lowest BCUT2D eigenvalue weighted by Crippen LogP contribution is -2.18. The summed E-state index contributed by atoms with van der Waals surface area (Å²) in [6, 6.07) is 7.83. The Morgan fingerprint density at radius 3 is 2.70 bits per heavy atom. The molecule has 1 N–H and O–H groups in total. The molecule has 0 aliphatic carbocycles. The normalized spacial score (nSPS) is 12.2. The highest BCUT2D eigenvalue weighted by Crippen LogP contribution is 2.21. The first kappa shape index (κ1) is 14.9. The number of ether oxygens (including phenoxy) is 1. The van der Waals surface area contributed by atoms with Crippen molar-refractivity contribution in [2.75, 3.05) is 20.3 Å². The first-order valence-corrected chi connectivity index (χ1v) is 6.37. The highest BCUT2D eigenvalue weighted by Gasteiger charge is 2.27. The smallest absolute Gasteiger partial charge is 0.370 e. The summed E-state index contributed by atoms with van der Waals surface area (Å²) >= 11 is 0. The van der Waals surface area contributed by atoms with E-state index in [0.29, 0.717) is 6.54 Å². The predicted molar refractivity (Wildman–Crippen MR) is 71.6 cm³/mol. The van der Waals surface area contributed by atoms with E-state index < -0.39 is 12.8 Å². The van der Waals surface area contributed by atoms with Crippen molar-refractivity contribution >= 4 is 10.9 Å². The fourth-order valence-electron chi connectivity index (χ4n) is 2.19. The minimum absolute atomic E-state index is 0.0389. The van der Waals surface area contributed by atoms with Gasteiger partial charge in [0.2, 0.25) is 0 Å². The summed E-state index contributed by atoms with van der Waals surface area (Å²) in [4.78, 5) is 0. The van der Waals surface area contributed by atoms with E-state index >= 15 is 0 Å². The molecule has 1 heterocycles. The molecule has 110 valence electrons. The summed E-state index contributed by atoms with van der Waals surface area (Å²) in [5, 5.41) is 4.19. The standard InChI is InChI=1S/C14H17F3N2O/c1-18-8-11-9-19(6-7-20-10-14(15,16)17)13-5-3-2-4-12(11)13/h2-5,9,18H,6-8,10H2,1H3. The van der Waals surface area contributed by atoms with Crippen LogP contribution in [0, 0.1) is 0 Å². The van der Waals surface area contributed by atoms with Crippen LogP contribution in [0.2, 0.25) is 0 Å². The lowest BCUT2D eigenvalue weighted by Gasteiger charge is -2.09. The first-order chi connectivity index (χ1) is 9.51. The fourth-order valence-corrected chi connectivity index (χ4v) is 2.19. The fraction of sp³-hybridized carbons (Fsp3) is 0.429. The number of fused-ring (bicyclic) bond motifs is 1. The Kier molecular flexibility index (Phi) is 4.67. The second kappa shape index (κ2) is 6.28. The van der Waals surface area contributed by atoms with Crippen LogP contribution in [0.15, 0.2) is 30.5 Å². The van der Waals surface area contributed by atoms with Gasteiger partial charge in [-0.1, -0.05) is 18.2 Å². The predicted octanol–water partition coefficient (Wildman–Crippen LogP) is 2.94. The Balaban J connectivity index is 2.06. The summed E-state index contributed by atoms with van der Waals surface area (Å²) in [7, 11) is 1.86. The number of aromatic nitrogens is 1. The third kappa shape index (κ3) is 3.74. The molecule has 0 saturated carbocycles. The van der Waals surface area contributed by atoms with E-state index in [-0.39, 0.29) is 6.61 Å². The summed E-state index contributed by atoms with van der Waals surface area (Å²) in [6.45, 7) is -0.0377. The Morgan fingerprint density at radius 2 is 2.00 bits per heavy atom. The van der Waals surface area contributed by atoms with Crippen LogP contribution >= 0.6 is 0 Å². The van der Waals surface area contributed by atoms with Crippen molar-refractivity contribution in [1.29, 1.82) is 0 Å². The number of alkyl halides is 3. The lowest BCUT2D eigenvalue weighted by atomic mass is 10.2. The van der Waals surface area contributed by atoms with Crippen LogP contribution in [0.25, 0.3) is 10.9 Å². The molecule has 3 nitrogen and oxygen atoms in total.